The van der Waals surface area contributed by atoms with Gasteiger partial charge in [-0.2, -0.15) is 5.26 Å². The molecule has 2 atom stereocenters. The molecule has 174 valence electrons. The smallest absolute Gasteiger partial charge is 0.321 e. The Morgan fingerprint density at radius 3 is 2.33 bits per heavy atom. The molecule has 2 saturated heterocycles. The minimum atomic E-state index is -3.43. The highest BCUT2D eigenvalue weighted by atomic mass is 32.2. The first-order chi connectivity index (χ1) is 15.8. The summed E-state index contributed by atoms with van der Waals surface area (Å²) in [6.07, 6.45) is 2.31. The topological polar surface area (TPSA) is 93.5 Å². The van der Waals surface area contributed by atoms with E-state index in [0.29, 0.717) is 31.6 Å². The van der Waals surface area contributed by atoms with Gasteiger partial charge < -0.3 is 10.2 Å². The lowest BCUT2D eigenvalue weighted by Gasteiger charge is -2.41. The van der Waals surface area contributed by atoms with E-state index in [0.717, 1.165) is 25.0 Å². The van der Waals surface area contributed by atoms with E-state index in [1.807, 2.05) is 6.07 Å². The maximum absolute atomic E-state index is 13.4. The summed E-state index contributed by atoms with van der Waals surface area (Å²) >= 11 is 0. The molecule has 2 bridgehead atoms. The first kappa shape index (κ1) is 23.1. The molecule has 2 aliphatic heterocycles. The molecule has 0 radical (unpaired) electrons. The summed E-state index contributed by atoms with van der Waals surface area (Å²) in [5, 5.41) is 11.5. The zero-order valence-electron chi connectivity index (χ0n) is 17.9. The quantitative estimate of drug-likeness (QED) is 0.693. The number of piperazine rings is 1. The number of sulfone groups is 1. The Kier molecular flexibility index (Phi) is 6.63. The number of benzene rings is 2. The SMILES string of the molecule is N#Cc1ccc(S(=O)(=O)CCCN2C3CCC2CN(C(=O)Nc2ccc(F)c(F)c2)C3)cc1. The van der Waals surface area contributed by atoms with Crippen LogP contribution in [0.25, 0.3) is 0 Å². The standard InChI is InChI=1S/C23H24F2N4O3S/c24-21-9-4-17(12-22(21)25)27-23(30)28-14-18-5-6-19(15-28)29(18)10-1-11-33(31,32)20-7-2-16(13-26)3-8-20/h2-4,7-9,12,18-19H,1,5-6,10-11,14-15H2,(H,27,30). The number of hydrogen-bond acceptors (Lipinski definition) is 5. The summed E-state index contributed by atoms with van der Waals surface area (Å²) < 4.78 is 51.7. The van der Waals surface area contributed by atoms with E-state index in [-0.39, 0.29) is 34.5 Å². The average Bonchev–Trinajstić information content (AvgIpc) is 3.02. The molecule has 2 aromatic rings. The predicted molar refractivity (Wildman–Crippen MR) is 118 cm³/mol. The second kappa shape index (κ2) is 9.45. The van der Waals surface area contributed by atoms with Gasteiger partial charge in [0.15, 0.2) is 21.5 Å². The van der Waals surface area contributed by atoms with Crippen LogP contribution < -0.4 is 5.32 Å². The number of nitrogens with one attached hydrogen (secondary N) is 1. The Hall–Kier alpha value is -3.03. The molecule has 7 nitrogen and oxygen atoms in total. The number of nitriles is 1. The number of hydrogen-bond donors (Lipinski definition) is 1. The zero-order valence-corrected chi connectivity index (χ0v) is 18.7. The van der Waals surface area contributed by atoms with Crippen LogP contribution in [-0.4, -0.2) is 61.7 Å². The Morgan fingerprint density at radius 1 is 1.06 bits per heavy atom. The molecule has 33 heavy (non-hydrogen) atoms. The number of nitrogens with zero attached hydrogens (tertiary/aromatic N) is 3. The van der Waals surface area contributed by atoms with Crippen LogP contribution in [0.1, 0.15) is 24.8 Å². The van der Waals surface area contributed by atoms with E-state index in [2.05, 4.69) is 10.2 Å². The highest BCUT2D eigenvalue weighted by molar-refractivity contribution is 7.91. The Morgan fingerprint density at radius 2 is 1.73 bits per heavy atom. The normalized spacial score (nSPS) is 20.5. The van der Waals surface area contributed by atoms with Crippen LogP contribution in [0.2, 0.25) is 0 Å². The van der Waals surface area contributed by atoms with Crippen LogP contribution in [-0.2, 0) is 9.84 Å². The third-order valence-electron chi connectivity index (χ3n) is 6.26. The molecular formula is C23H24F2N4O3S. The number of fused-ring (bicyclic) bond motifs is 2. The third-order valence-corrected chi connectivity index (χ3v) is 8.08. The Labute approximate surface area is 191 Å². The molecule has 0 aromatic heterocycles. The van der Waals surface area contributed by atoms with Crippen molar-refractivity contribution in [2.75, 3.05) is 30.7 Å². The van der Waals surface area contributed by atoms with Crippen LogP contribution in [0, 0.1) is 23.0 Å². The second-order valence-electron chi connectivity index (χ2n) is 8.40. The van der Waals surface area contributed by atoms with Gasteiger partial charge in [-0.1, -0.05) is 0 Å². The van der Waals surface area contributed by atoms with E-state index >= 15 is 0 Å². The molecule has 2 aromatic carbocycles. The summed E-state index contributed by atoms with van der Waals surface area (Å²) in [4.78, 5) is 16.8. The fourth-order valence-electron chi connectivity index (χ4n) is 4.59. The highest BCUT2D eigenvalue weighted by Crippen LogP contribution is 2.31. The number of carbonyl (C=O) groups excluding carboxylic acids is 1. The van der Waals surface area contributed by atoms with Crippen molar-refractivity contribution in [2.24, 2.45) is 0 Å². The molecule has 4 rings (SSSR count). The summed E-state index contributed by atoms with van der Waals surface area (Å²) in [5.74, 6) is -1.98. The third kappa shape index (κ3) is 5.15. The zero-order chi connectivity index (χ0) is 23.6. The molecule has 2 fully saturated rings. The minimum Gasteiger partial charge on any atom is -0.321 e. The maximum Gasteiger partial charge on any atom is 0.321 e. The van der Waals surface area contributed by atoms with Crippen molar-refractivity contribution in [1.82, 2.24) is 9.80 Å². The van der Waals surface area contributed by atoms with Crippen molar-refractivity contribution in [3.8, 4) is 6.07 Å². The van der Waals surface area contributed by atoms with Gasteiger partial charge in [-0.15, -0.1) is 0 Å². The predicted octanol–water partition coefficient (Wildman–Crippen LogP) is 3.38. The maximum atomic E-state index is 13.4. The van der Waals surface area contributed by atoms with E-state index in [1.54, 1.807) is 4.90 Å². The summed E-state index contributed by atoms with van der Waals surface area (Å²) in [6.45, 7) is 1.60. The molecule has 2 aliphatic rings. The van der Waals surface area contributed by atoms with Gasteiger partial charge in [0.05, 0.1) is 22.3 Å². The van der Waals surface area contributed by atoms with Crippen molar-refractivity contribution >= 4 is 21.6 Å². The van der Waals surface area contributed by atoms with Crippen molar-refractivity contribution in [3.05, 3.63) is 59.7 Å². The van der Waals surface area contributed by atoms with Crippen LogP contribution in [0.15, 0.2) is 47.4 Å². The summed E-state index contributed by atoms with van der Waals surface area (Å²) in [7, 11) is -3.43. The van der Waals surface area contributed by atoms with Gasteiger partial charge in [-0.05, 0) is 62.2 Å². The Balaban J connectivity index is 1.30. The van der Waals surface area contributed by atoms with Crippen molar-refractivity contribution in [1.29, 1.82) is 5.26 Å². The van der Waals surface area contributed by atoms with Crippen molar-refractivity contribution in [3.63, 3.8) is 0 Å². The van der Waals surface area contributed by atoms with Crippen LogP contribution in [0.5, 0.6) is 0 Å². The van der Waals surface area contributed by atoms with Gasteiger partial charge in [0, 0.05) is 36.9 Å². The number of halogens is 2. The van der Waals surface area contributed by atoms with Gasteiger partial charge in [0.1, 0.15) is 0 Å². The van der Waals surface area contributed by atoms with Crippen molar-refractivity contribution in [2.45, 2.75) is 36.2 Å². The van der Waals surface area contributed by atoms with E-state index < -0.39 is 21.5 Å². The molecule has 2 amide bonds. The van der Waals surface area contributed by atoms with Gasteiger partial charge in [0.2, 0.25) is 0 Å². The lowest BCUT2D eigenvalue weighted by atomic mass is 10.2. The number of anilines is 1. The van der Waals surface area contributed by atoms with E-state index in [4.69, 9.17) is 5.26 Å². The first-order valence-corrected chi connectivity index (χ1v) is 12.4. The first-order valence-electron chi connectivity index (χ1n) is 10.8. The van der Waals surface area contributed by atoms with Crippen LogP contribution in [0.4, 0.5) is 19.3 Å². The fourth-order valence-corrected chi connectivity index (χ4v) is 5.89. The number of likely N-dealkylation sites (tertiary alicyclic amines) is 1. The van der Waals surface area contributed by atoms with Gasteiger partial charge in [0.25, 0.3) is 0 Å². The molecule has 2 unspecified atom stereocenters. The largest absolute Gasteiger partial charge is 0.321 e. The second-order valence-corrected chi connectivity index (χ2v) is 10.5. The Bertz CT molecular complexity index is 1170. The molecule has 0 aliphatic carbocycles. The lowest BCUT2D eigenvalue weighted by Crippen LogP contribution is -2.56. The monoisotopic (exact) mass is 474 g/mol. The number of rotatable bonds is 6. The van der Waals surface area contributed by atoms with Gasteiger partial charge in [-0.3, -0.25) is 4.90 Å². The number of carbonyl (C=O) groups is 1. The summed E-state index contributed by atoms with van der Waals surface area (Å²) in [5.41, 5.74) is 0.610. The van der Waals surface area contributed by atoms with Crippen LogP contribution >= 0.6 is 0 Å². The molecule has 0 saturated carbocycles. The molecule has 10 heteroatoms. The molecule has 0 spiro atoms. The number of amides is 2. The van der Waals surface area contributed by atoms with Crippen LogP contribution in [0.3, 0.4) is 0 Å². The van der Waals surface area contributed by atoms with Gasteiger partial charge in [-0.25, -0.2) is 22.0 Å². The molecule has 1 N–H and O–H groups in total. The van der Waals surface area contributed by atoms with Crippen molar-refractivity contribution < 1.29 is 22.0 Å². The molecule has 2 heterocycles. The molecular weight excluding hydrogens is 450 g/mol. The average molecular weight is 475 g/mol. The van der Waals surface area contributed by atoms with E-state index in [1.165, 1.54) is 30.3 Å². The van der Waals surface area contributed by atoms with E-state index in [9.17, 15) is 22.0 Å². The van der Waals surface area contributed by atoms with Gasteiger partial charge >= 0.3 is 6.03 Å². The highest BCUT2D eigenvalue weighted by Gasteiger charge is 2.41. The minimum absolute atomic E-state index is 0.00910. The number of urea groups is 1. The summed E-state index contributed by atoms with van der Waals surface area (Å²) in [6, 6.07) is 11.0. The lowest BCUT2D eigenvalue weighted by molar-refractivity contribution is 0.0876. The fraction of sp³-hybridized carbons (Fsp3) is 0.391.